The van der Waals surface area contributed by atoms with E-state index in [-0.39, 0.29) is 0 Å². The molecule has 0 atom stereocenters. The van der Waals surface area contributed by atoms with Gasteiger partial charge in [-0.15, -0.1) is 0 Å². The van der Waals surface area contributed by atoms with E-state index < -0.39 is 6.09 Å². The molecule has 0 aromatic heterocycles. The molecule has 0 radical (unpaired) electrons. The van der Waals surface area contributed by atoms with Gasteiger partial charge in [-0.3, -0.25) is 4.90 Å². The van der Waals surface area contributed by atoms with Gasteiger partial charge < -0.3 is 10.4 Å². The summed E-state index contributed by atoms with van der Waals surface area (Å²) in [6, 6.07) is 0. The predicted molar refractivity (Wildman–Crippen MR) is 39.9 cm³/mol. The van der Waals surface area contributed by atoms with E-state index in [4.69, 9.17) is 17.3 Å². The fourth-order valence-corrected chi connectivity index (χ4v) is 1.08. The number of nitrogens with zero attached hydrogens (tertiary/aromatic N) is 1. The summed E-state index contributed by atoms with van der Waals surface area (Å²) in [7, 11) is 0. The van der Waals surface area contributed by atoms with Gasteiger partial charge in [0.05, 0.1) is 0 Å². The maximum absolute atomic E-state index is 10.4. The lowest BCUT2D eigenvalue weighted by molar-refractivity contribution is 0.166. The third kappa shape index (κ3) is 1.36. The van der Waals surface area contributed by atoms with Crippen LogP contribution in [0.3, 0.4) is 0 Å². The average Bonchev–Trinajstić information content (AvgIpc) is 1.88. The van der Waals surface area contributed by atoms with E-state index in [1.54, 1.807) is 0 Å². The molecule has 0 bridgehead atoms. The van der Waals surface area contributed by atoms with E-state index in [1.165, 1.54) is 0 Å². The number of hydrogen-bond donors (Lipinski definition) is 2. The molecule has 0 aromatic rings. The van der Waals surface area contributed by atoms with E-state index in [0.29, 0.717) is 11.7 Å². The van der Waals surface area contributed by atoms with Gasteiger partial charge in [-0.05, 0) is 18.6 Å². The molecule has 1 rings (SSSR count). The summed E-state index contributed by atoms with van der Waals surface area (Å²) < 4.78 is 0. The SMILES string of the molecule is O=C(O)N1CCCNC1=S. The Labute approximate surface area is 63.8 Å². The molecule has 0 aliphatic carbocycles. The second-order valence-electron chi connectivity index (χ2n) is 2.02. The summed E-state index contributed by atoms with van der Waals surface area (Å²) in [6.07, 6.45) is -0.149. The summed E-state index contributed by atoms with van der Waals surface area (Å²) >= 11 is 4.74. The van der Waals surface area contributed by atoms with Gasteiger partial charge in [-0.2, -0.15) is 0 Å². The molecule has 4 nitrogen and oxygen atoms in total. The van der Waals surface area contributed by atoms with Crippen LogP contribution < -0.4 is 5.32 Å². The zero-order valence-electron chi connectivity index (χ0n) is 5.33. The Morgan fingerprint density at radius 1 is 1.80 bits per heavy atom. The first-order valence-electron chi connectivity index (χ1n) is 3.00. The van der Waals surface area contributed by atoms with E-state index in [1.807, 2.05) is 0 Å². The van der Waals surface area contributed by atoms with Crippen LogP contribution in [-0.2, 0) is 0 Å². The van der Waals surface area contributed by atoms with Crippen molar-refractivity contribution in [1.82, 2.24) is 10.2 Å². The molecule has 5 heteroatoms. The van der Waals surface area contributed by atoms with Crippen molar-refractivity contribution in [3.05, 3.63) is 0 Å². The van der Waals surface area contributed by atoms with E-state index >= 15 is 0 Å². The van der Waals surface area contributed by atoms with Crippen molar-refractivity contribution in [1.29, 1.82) is 0 Å². The zero-order chi connectivity index (χ0) is 7.56. The van der Waals surface area contributed by atoms with Gasteiger partial charge >= 0.3 is 6.09 Å². The van der Waals surface area contributed by atoms with Gasteiger partial charge in [-0.1, -0.05) is 0 Å². The lowest BCUT2D eigenvalue weighted by Gasteiger charge is -2.25. The molecule has 56 valence electrons. The predicted octanol–water partition coefficient (Wildman–Crippen LogP) is 0.245. The zero-order valence-corrected chi connectivity index (χ0v) is 6.15. The number of nitrogens with one attached hydrogen (secondary N) is 1. The first kappa shape index (κ1) is 7.27. The Hall–Kier alpha value is -0.840. The molecule has 10 heavy (non-hydrogen) atoms. The number of rotatable bonds is 0. The normalized spacial score (nSPS) is 18.4. The van der Waals surface area contributed by atoms with Crippen molar-refractivity contribution < 1.29 is 9.90 Å². The maximum Gasteiger partial charge on any atom is 0.413 e. The highest BCUT2D eigenvalue weighted by molar-refractivity contribution is 7.80. The fourth-order valence-electron chi connectivity index (χ4n) is 0.812. The van der Waals surface area contributed by atoms with Crippen molar-refractivity contribution in [2.75, 3.05) is 13.1 Å². The molecular formula is C5H8N2O2S. The van der Waals surface area contributed by atoms with Crippen molar-refractivity contribution in [2.24, 2.45) is 0 Å². The third-order valence-corrected chi connectivity index (χ3v) is 1.68. The van der Waals surface area contributed by atoms with Crippen LogP contribution >= 0.6 is 12.2 Å². The Bertz CT molecular complexity index is 171. The molecule has 1 aliphatic rings. The number of amides is 1. The minimum atomic E-state index is -0.975. The Balaban J connectivity index is 2.56. The molecular weight excluding hydrogens is 152 g/mol. The van der Waals surface area contributed by atoms with Gasteiger partial charge in [-0.25, -0.2) is 4.79 Å². The van der Waals surface area contributed by atoms with E-state index in [9.17, 15) is 4.79 Å². The van der Waals surface area contributed by atoms with Crippen LogP contribution in [0, 0.1) is 0 Å². The summed E-state index contributed by atoms with van der Waals surface area (Å²) in [5.74, 6) is 0. The van der Waals surface area contributed by atoms with Crippen molar-refractivity contribution in [3.63, 3.8) is 0 Å². The molecule has 1 heterocycles. The third-order valence-electron chi connectivity index (χ3n) is 1.31. The van der Waals surface area contributed by atoms with Gasteiger partial charge in [0.1, 0.15) is 0 Å². The number of thiocarbonyl (C=S) groups is 1. The van der Waals surface area contributed by atoms with Crippen LogP contribution in [0.4, 0.5) is 4.79 Å². The topological polar surface area (TPSA) is 52.6 Å². The molecule has 2 N–H and O–H groups in total. The second-order valence-corrected chi connectivity index (χ2v) is 2.41. The van der Waals surface area contributed by atoms with Gasteiger partial charge in [0.2, 0.25) is 0 Å². The summed E-state index contributed by atoms with van der Waals surface area (Å²) in [4.78, 5) is 11.5. The van der Waals surface area contributed by atoms with Crippen molar-refractivity contribution in [3.8, 4) is 0 Å². The largest absolute Gasteiger partial charge is 0.465 e. The Morgan fingerprint density at radius 3 is 2.90 bits per heavy atom. The standard InChI is InChI=1S/C5H8N2O2S/c8-5(9)7-3-1-2-6-4(7)10/h1-3H2,(H,6,10)(H,8,9). The van der Waals surface area contributed by atoms with Crippen LogP contribution in [-0.4, -0.2) is 34.3 Å². The summed E-state index contributed by atoms with van der Waals surface area (Å²) in [6.45, 7) is 1.30. The molecule has 1 saturated heterocycles. The van der Waals surface area contributed by atoms with Crippen LogP contribution in [0.2, 0.25) is 0 Å². The molecule has 1 fully saturated rings. The monoisotopic (exact) mass is 160 g/mol. The molecule has 0 unspecified atom stereocenters. The highest BCUT2D eigenvalue weighted by Crippen LogP contribution is 1.98. The Morgan fingerprint density at radius 2 is 2.50 bits per heavy atom. The van der Waals surface area contributed by atoms with Crippen LogP contribution in [0.15, 0.2) is 0 Å². The number of carboxylic acid groups (broad SMARTS) is 1. The average molecular weight is 160 g/mol. The van der Waals surface area contributed by atoms with E-state index in [0.717, 1.165) is 17.9 Å². The summed E-state index contributed by atoms with van der Waals surface area (Å²) in [5.41, 5.74) is 0. The minimum Gasteiger partial charge on any atom is -0.465 e. The molecule has 1 aliphatic heterocycles. The molecule has 0 spiro atoms. The van der Waals surface area contributed by atoms with Gasteiger partial charge in [0, 0.05) is 13.1 Å². The smallest absolute Gasteiger partial charge is 0.413 e. The van der Waals surface area contributed by atoms with Gasteiger partial charge in [0.15, 0.2) is 5.11 Å². The maximum atomic E-state index is 10.4. The fraction of sp³-hybridized carbons (Fsp3) is 0.600. The molecule has 0 aromatic carbocycles. The number of hydrogen-bond acceptors (Lipinski definition) is 2. The van der Waals surface area contributed by atoms with E-state index in [2.05, 4.69) is 5.32 Å². The quantitative estimate of drug-likeness (QED) is 0.498. The van der Waals surface area contributed by atoms with Crippen molar-refractivity contribution in [2.45, 2.75) is 6.42 Å². The summed E-state index contributed by atoms with van der Waals surface area (Å²) in [5, 5.41) is 11.6. The van der Waals surface area contributed by atoms with Crippen LogP contribution in [0.25, 0.3) is 0 Å². The first-order valence-corrected chi connectivity index (χ1v) is 3.41. The second kappa shape index (κ2) is 2.83. The lowest BCUT2D eigenvalue weighted by Crippen LogP contribution is -2.48. The highest BCUT2D eigenvalue weighted by Gasteiger charge is 2.19. The van der Waals surface area contributed by atoms with Gasteiger partial charge in [0.25, 0.3) is 0 Å². The lowest BCUT2D eigenvalue weighted by atomic mass is 10.3. The first-order chi connectivity index (χ1) is 4.72. The Kier molecular flexibility index (Phi) is 2.06. The molecule has 1 amide bonds. The highest BCUT2D eigenvalue weighted by atomic mass is 32.1. The van der Waals surface area contributed by atoms with Crippen LogP contribution in [0.1, 0.15) is 6.42 Å². The van der Waals surface area contributed by atoms with Crippen molar-refractivity contribution >= 4 is 23.4 Å². The molecule has 0 saturated carbocycles. The van der Waals surface area contributed by atoms with Crippen LogP contribution in [0.5, 0.6) is 0 Å². The minimum absolute atomic E-state index is 0.318. The number of carbonyl (C=O) groups is 1.